The van der Waals surface area contributed by atoms with Crippen LogP contribution in [0.5, 0.6) is 5.88 Å². The molecule has 1 aromatic heterocycles. The van der Waals surface area contributed by atoms with Crippen molar-refractivity contribution in [1.29, 1.82) is 0 Å². The zero-order valence-electron chi connectivity index (χ0n) is 8.44. The average molecular weight is 193 g/mol. The van der Waals surface area contributed by atoms with Gasteiger partial charge in [-0.1, -0.05) is 0 Å². The van der Waals surface area contributed by atoms with Gasteiger partial charge in [-0.15, -0.1) is 10.2 Å². The highest BCUT2D eigenvalue weighted by molar-refractivity contribution is 5.38. The van der Waals surface area contributed by atoms with E-state index in [-0.39, 0.29) is 0 Å². The number of ether oxygens (including phenoxy) is 1. The Hall–Kier alpha value is -1.32. The van der Waals surface area contributed by atoms with Gasteiger partial charge in [-0.25, -0.2) is 0 Å². The molecule has 76 valence electrons. The van der Waals surface area contributed by atoms with E-state index in [9.17, 15) is 0 Å². The Morgan fingerprint density at radius 1 is 1.14 bits per heavy atom. The van der Waals surface area contributed by atoms with Gasteiger partial charge >= 0.3 is 0 Å². The Labute approximate surface area is 83.9 Å². The number of hydrogen-bond donors (Lipinski definition) is 0. The fraction of sp³-hybridized carbons (Fsp3) is 0.600. The second-order valence-electron chi connectivity index (χ2n) is 3.48. The van der Waals surface area contributed by atoms with Crippen molar-refractivity contribution in [3.05, 3.63) is 12.1 Å². The van der Waals surface area contributed by atoms with Crippen LogP contribution in [0.2, 0.25) is 0 Å². The van der Waals surface area contributed by atoms with Crippen LogP contribution < -0.4 is 9.64 Å². The quantitative estimate of drug-likeness (QED) is 0.713. The lowest BCUT2D eigenvalue weighted by atomic mass is 10.1. The van der Waals surface area contributed by atoms with Crippen LogP contribution in [-0.2, 0) is 0 Å². The minimum atomic E-state index is 0.575. The summed E-state index contributed by atoms with van der Waals surface area (Å²) < 4.78 is 4.96. The lowest BCUT2D eigenvalue weighted by Gasteiger charge is -2.27. The predicted molar refractivity (Wildman–Crippen MR) is 54.6 cm³/mol. The summed E-state index contributed by atoms with van der Waals surface area (Å²) in [5, 5.41) is 8.08. The minimum Gasteiger partial charge on any atom is -0.480 e. The van der Waals surface area contributed by atoms with Gasteiger partial charge < -0.3 is 9.64 Å². The maximum Gasteiger partial charge on any atom is 0.233 e. The topological polar surface area (TPSA) is 38.2 Å². The van der Waals surface area contributed by atoms with Crippen LogP contribution >= 0.6 is 0 Å². The van der Waals surface area contributed by atoms with Crippen molar-refractivity contribution < 1.29 is 4.74 Å². The molecule has 4 heteroatoms. The van der Waals surface area contributed by atoms with E-state index < -0.39 is 0 Å². The molecule has 1 aliphatic heterocycles. The van der Waals surface area contributed by atoms with Crippen LogP contribution in [0.4, 0.5) is 5.82 Å². The van der Waals surface area contributed by atoms with Gasteiger partial charge in [-0.3, -0.25) is 0 Å². The van der Waals surface area contributed by atoms with Crippen molar-refractivity contribution >= 4 is 5.82 Å². The first-order chi connectivity index (χ1) is 6.90. The van der Waals surface area contributed by atoms with Gasteiger partial charge in [0.25, 0.3) is 0 Å². The molecule has 0 unspecified atom stereocenters. The SMILES string of the molecule is COc1ccc(N2CCCCC2)nn1. The van der Waals surface area contributed by atoms with Gasteiger partial charge in [0.1, 0.15) is 0 Å². The summed E-state index contributed by atoms with van der Waals surface area (Å²) in [4.78, 5) is 2.27. The highest BCUT2D eigenvalue weighted by atomic mass is 16.5. The van der Waals surface area contributed by atoms with Gasteiger partial charge in [0.05, 0.1) is 7.11 Å². The summed E-state index contributed by atoms with van der Waals surface area (Å²) in [7, 11) is 1.60. The molecule has 0 amide bonds. The summed E-state index contributed by atoms with van der Waals surface area (Å²) in [6, 6.07) is 3.83. The highest BCUT2D eigenvalue weighted by Gasteiger charge is 2.12. The Kier molecular flexibility index (Phi) is 2.81. The largest absolute Gasteiger partial charge is 0.480 e. The standard InChI is InChI=1S/C10H15N3O/c1-14-10-6-5-9(11-12-10)13-7-3-2-4-8-13/h5-6H,2-4,7-8H2,1H3. The maximum absolute atomic E-state index is 4.96. The number of anilines is 1. The summed E-state index contributed by atoms with van der Waals surface area (Å²) in [5.74, 6) is 1.54. The molecule has 4 nitrogen and oxygen atoms in total. The molecule has 1 fully saturated rings. The van der Waals surface area contributed by atoms with Crippen molar-refractivity contribution in [3.63, 3.8) is 0 Å². The number of hydrogen-bond acceptors (Lipinski definition) is 4. The molecule has 0 atom stereocenters. The van der Waals surface area contributed by atoms with Crippen LogP contribution in [-0.4, -0.2) is 30.4 Å². The van der Waals surface area contributed by atoms with E-state index in [1.165, 1.54) is 19.3 Å². The van der Waals surface area contributed by atoms with Gasteiger partial charge in [-0.2, -0.15) is 0 Å². The molecule has 2 rings (SSSR count). The first-order valence-corrected chi connectivity index (χ1v) is 5.03. The number of methoxy groups -OCH3 is 1. The van der Waals surface area contributed by atoms with Crippen molar-refractivity contribution in [2.75, 3.05) is 25.1 Å². The van der Waals surface area contributed by atoms with Gasteiger partial charge in [-0.05, 0) is 25.3 Å². The van der Waals surface area contributed by atoms with Gasteiger partial charge in [0, 0.05) is 19.2 Å². The van der Waals surface area contributed by atoms with E-state index in [0.717, 1.165) is 18.9 Å². The molecule has 2 heterocycles. The maximum atomic E-state index is 4.96. The van der Waals surface area contributed by atoms with Crippen molar-refractivity contribution in [1.82, 2.24) is 10.2 Å². The van der Waals surface area contributed by atoms with Gasteiger partial charge in [0.2, 0.25) is 5.88 Å². The fourth-order valence-electron chi connectivity index (χ4n) is 1.71. The van der Waals surface area contributed by atoms with Crippen LogP contribution in [0.15, 0.2) is 12.1 Å². The van der Waals surface area contributed by atoms with E-state index in [2.05, 4.69) is 15.1 Å². The molecular weight excluding hydrogens is 178 g/mol. The van der Waals surface area contributed by atoms with E-state index in [0.29, 0.717) is 5.88 Å². The van der Waals surface area contributed by atoms with Crippen LogP contribution in [0, 0.1) is 0 Å². The van der Waals surface area contributed by atoms with Crippen molar-refractivity contribution in [3.8, 4) is 5.88 Å². The Bertz CT molecular complexity index is 280. The first kappa shape index (κ1) is 9.24. The van der Waals surface area contributed by atoms with Crippen LogP contribution in [0.1, 0.15) is 19.3 Å². The molecule has 0 radical (unpaired) electrons. The Morgan fingerprint density at radius 3 is 2.50 bits per heavy atom. The molecule has 1 saturated heterocycles. The van der Waals surface area contributed by atoms with E-state index >= 15 is 0 Å². The lowest BCUT2D eigenvalue weighted by Crippen LogP contribution is -2.30. The second kappa shape index (κ2) is 4.26. The molecule has 1 aromatic rings. The molecule has 0 saturated carbocycles. The van der Waals surface area contributed by atoms with Gasteiger partial charge in [0.15, 0.2) is 5.82 Å². The minimum absolute atomic E-state index is 0.575. The number of aromatic nitrogens is 2. The Morgan fingerprint density at radius 2 is 1.93 bits per heavy atom. The zero-order chi connectivity index (χ0) is 9.80. The molecule has 0 aliphatic carbocycles. The number of rotatable bonds is 2. The third-order valence-corrected chi connectivity index (χ3v) is 2.52. The third kappa shape index (κ3) is 1.95. The second-order valence-corrected chi connectivity index (χ2v) is 3.48. The molecule has 0 spiro atoms. The third-order valence-electron chi connectivity index (χ3n) is 2.52. The zero-order valence-corrected chi connectivity index (χ0v) is 8.44. The molecule has 1 aliphatic rings. The van der Waals surface area contributed by atoms with E-state index in [4.69, 9.17) is 4.74 Å². The fourth-order valence-corrected chi connectivity index (χ4v) is 1.71. The van der Waals surface area contributed by atoms with Crippen LogP contribution in [0.25, 0.3) is 0 Å². The molecule has 0 bridgehead atoms. The summed E-state index contributed by atoms with van der Waals surface area (Å²) in [5.41, 5.74) is 0. The summed E-state index contributed by atoms with van der Waals surface area (Å²) in [6.45, 7) is 2.20. The number of piperidine rings is 1. The van der Waals surface area contributed by atoms with E-state index in [1.54, 1.807) is 7.11 Å². The summed E-state index contributed by atoms with van der Waals surface area (Å²) in [6.07, 6.45) is 3.85. The average Bonchev–Trinajstić information content (AvgIpc) is 2.30. The normalized spacial score (nSPS) is 16.8. The molecule has 14 heavy (non-hydrogen) atoms. The predicted octanol–water partition coefficient (Wildman–Crippen LogP) is 1.48. The van der Waals surface area contributed by atoms with E-state index in [1.807, 2.05) is 12.1 Å². The smallest absolute Gasteiger partial charge is 0.233 e. The number of nitrogens with zero attached hydrogens (tertiary/aromatic N) is 3. The van der Waals surface area contributed by atoms with Crippen molar-refractivity contribution in [2.45, 2.75) is 19.3 Å². The monoisotopic (exact) mass is 193 g/mol. The molecular formula is C10H15N3O. The first-order valence-electron chi connectivity index (χ1n) is 5.03. The highest BCUT2D eigenvalue weighted by Crippen LogP contribution is 2.17. The molecule has 0 N–H and O–H groups in total. The lowest BCUT2D eigenvalue weighted by molar-refractivity contribution is 0.391. The van der Waals surface area contributed by atoms with Crippen LogP contribution in [0.3, 0.4) is 0 Å². The molecule has 0 aromatic carbocycles. The Balaban J connectivity index is 2.07. The van der Waals surface area contributed by atoms with Crippen molar-refractivity contribution in [2.24, 2.45) is 0 Å². The summed E-state index contributed by atoms with van der Waals surface area (Å²) >= 11 is 0.